The van der Waals surface area contributed by atoms with Gasteiger partial charge < -0.3 is 0 Å². The first-order valence-electron chi connectivity index (χ1n) is 4.91. The van der Waals surface area contributed by atoms with Crippen LogP contribution >= 0.6 is 12.6 Å². The van der Waals surface area contributed by atoms with E-state index in [4.69, 9.17) is 0 Å². The molecule has 0 aromatic carbocycles. The van der Waals surface area contributed by atoms with Gasteiger partial charge >= 0.3 is 0 Å². The molecule has 0 N–H and O–H groups in total. The minimum Gasteiger partial charge on any atom is -0.179 e. The summed E-state index contributed by atoms with van der Waals surface area (Å²) in [6.07, 6.45) is 7.51. The van der Waals surface area contributed by atoms with Crippen molar-refractivity contribution in [3.05, 3.63) is 11.6 Å². The van der Waals surface area contributed by atoms with Crippen LogP contribution in [0.5, 0.6) is 0 Å². The predicted octanol–water partition coefficient (Wildman–Crippen LogP) is 4.08. The second-order valence-electron chi connectivity index (χ2n) is 3.83. The van der Waals surface area contributed by atoms with E-state index in [1.807, 2.05) is 0 Å². The maximum atomic E-state index is 4.21. The number of hydrogen-bond acceptors (Lipinski definition) is 1. The van der Waals surface area contributed by atoms with Gasteiger partial charge in [0.1, 0.15) is 0 Å². The number of allylic oxidation sites excluding steroid dienone is 2. The van der Waals surface area contributed by atoms with Gasteiger partial charge in [0.25, 0.3) is 0 Å². The summed E-state index contributed by atoms with van der Waals surface area (Å²) in [6, 6.07) is 0. The van der Waals surface area contributed by atoms with Gasteiger partial charge in [-0.3, -0.25) is 0 Å². The summed E-state index contributed by atoms with van der Waals surface area (Å²) in [7, 11) is 0. The van der Waals surface area contributed by atoms with E-state index >= 15 is 0 Å². The Morgan fingerprint density at radius 3 is 2.50 bits per heavy atom. The highest BCUT2D eigenvalue weighted by Gasteiger charge is 1.99. The van der Waals surface area contributed by atoms with Crippen LogP contribution in [0.1, 0.15) is 46.5 Å². The summed E-state index contributed by atoms with van der Waals surface area (Å²) in [5.41, 5.74) is 1.44. The van der Waals surface area contributed by atoms with Gasteiger partial charge in [0.15, 0.2) is 0 Å². The predicted molar refractivity (Wildman–Crippen MR) is 60.9 cm³/mol. The zero-order valence-corrected chi connectivity index (χ0v) is 9.53. The van der Waals surface area contributed by atoms with Gasteiger partial charge in [0.2, 0.25) is 0 Å². The Labute approximate surface area is 82.9 Å². The molecule has 0 aliphatic heterocycles. The molecular formula is C11H22S. The van der Waals surface area contributed by atoms with Crippen LogP contribution in [0.4, 0.5) is 0 Å². The quantitative estimate of drug-likeness (QED) is 0.469. The first kappa shape index (κ1) is 12.1. The highest BCUT2D eigenvalue weighted by atomic mass is 32.1. The third-order valence-corrected chi connectivity index (χ3v) is 2.38. The second-order valence-corrected chi connectivity index (χ2v) is 4.28. The third-order valence-electron chi connectivity index (χ3n) is 2.07. The zero-order chi connectivity index (χ0) is 9.40. The van der Waals surface area contributed by atoms with Gasteiger partial charge in [-0.2, -0.15) is 12.6 Å². The summed E-state index contributed by atoms with van der Waals surface area (Å²) in [4.78, 5) is 0. The highest BCUT2D eigenvalue weighted by molar-refractivity contribution is 7.80. The molecular weight excluding hydrogens is 164 g/mol. The van der Waals surface area contributed by atoms with Crippen LogP contribution in [0, 0.1) is 5.92 Å². The van der Waals surface area contributed by atoms with Crippen molar-refractivity contribution < 1.29 is 0 Å². The molecule has 0 saturated carbocycles. The molecule has 72 valence electrons. The molecule has 0 radical (unpaired) electrons. The fourth-order valence-corrected chi connectivity index (χ4v) is 1.42. The van der Waals surface area contributed by atoms with E-state index in [1.165, 1.54) is 31.3 Å². The largest absolute Gasteiger partial charge is 0.179 e. The average molecular weight is 186 g/mol. The lowest BCUT2D eigenvalue weighted by molar-refractivity contribution is 0.492. The monoisotopic (exact) mass is 186 g/mol. The molecule has 1 unspecified atom stereocenters. The molecule has 0 heterocycles. The number of rotatable bonds is 6. The van der Waals surface area contributed by atoms with Gasteiger partial charge in [-0.25, -0.2) is 0 Å². The van der Waals surface area contributed by atoms with Crippen molar-refractivity contribution in [2.75, 3.05) is 5.75 Å². The van der Waals surface area contributed by atoms with Gasteiger partial charge in [-0.15, -0.1) is 0 Å². The van der Waals surface area contributed by atoms with Crippen LogP contribution in [0.25, 0.3) is 0 Å². The van der Waals surface area contributed by atoms with Crippen LogP contribution in [0.3, 0.4) is 0 Å². The van der Waals surface area contributed by atoms with E-state index in [9.17, 15) is 0 Å². The molecule has 0 rings (SSSR count). The van der Waals surface area contributed by atoms with Gasteiger partial charge in [0, 0.05) is 0 Å². The molecule has 0 fully saturated rings. The highest BCUT2D eigenvalue weighted by Crippen LogP contribution is 2.13. The molecule has 0 amide bonds. The fourth-order valence-electron chi connectivity index (χ4n) is 1.24. The third kappa shape index (κ3) is 8.19. The first-order valence-corrected chi connectivity index (χ1v) is 5.54. The molecule has 0 aromatic heterocycles. The summed E-state index contributed by atoms with van der Waals surface area (Å²) in [5.74, 6) is 1.90. The topological polar surface area (TPSA) is 0 Å². The van der Waals surface area contributed by atoms with Crippen molar-refractivity contribution in [3.8, 4) is 0 Å². The zero-order valence-electron chi connectivity index (χ0n) is 8.64. The summed E-state index contributed by atoms with van der Waals surface area (Å²) in [5, 5.41) is 0. The van der Waals surface area contributed by atoms with E-state index in [2.05, 4.69) is 39.5 Å². The van der Waals surface area contributed by atoms with E-state index in [0.717, 1.165) is 11.7 Å². The smallest absolute Gasteiger partial charge is 0.00978 e. The Balaban J connectivity index is 3.31. The standard InChI is InChI=1S/C11H22S/c1-10(2)6-4-7-11(3)8-5-9-12/h6,11-12H,4-5,7-9H2,1-3H3. The minimum absolute atomic E-state index is 0.868. The summed E-state index contributed by atoms with van der Waals surface area (Å²) in [6.45, 7) is 6.67. The van der Waals surface area contributed by atoms with Crippen molar-refractivity contribution in [2.45, 2.75) is 46.5 Å². The van der Waals surface area contributed by atoms with Crippen LogP contribution in [-0.4, -0.2) is 5.75 Å². The SMILES string of the molecule is CC(C)=CCCC(C)CCCS. The van der Waals surface area contributed by atoms with Crippen molar-refractivity contribution in [2.24, 2.45) is 5.92 Å². The summed E-state index contributed by atoms with van der Waals surface area (Å²) < 4.78 is 0. The molecule has 0 bridgehead atoms. The number of hydrogen-bond donors (Lipinski definition) is 1. The molecule has 0 aromatic rings. The maximum Gasteiger partial charge on any atom is -0.00978 e. The van der Waals surface area contributed by atoms with Crippen LogP contribution in [-0.2, 0) is 0 Å². The lowest BCUT2D eigenvalue weighted by Crippen LogP contribution is -1.94. The fraction of sp³-hybridized carbons (Fsp3) is 0.818. The normalized spacial score (nSPS) is 12.7. The Morgan fingerprint density at radius 1 is 1.33 bits per heavy atom. The van der Waals surface area contributed by atoms with Gasteiger partial charge in [-0.1, -0.05) is 18.6 Å². The molecule has 1 atom stereocenters. The first-order chi connectivity index (χ1) is 5.66. The van der Waals surface area contributed by atoms with Crippen LogP contribution < -0.4 is 0 Å². The van der Waals surface area contributed by atoms with Crippen molar-refractivity contribution in [1.29, 1.82) is 0 Å². The van der Waals surface area contributed by atoms with Crippen molar-refractivity contribution >= 4 is 12.6 Å². The second kappa shape index (κ2) is 7.72. The van der Waals surface area contributed by atoms with E-state index in [0.29, 0.717) is 0 Å². The average Bonchev–Trinajstić information content (AvgIpc) is 2.00. The molecule has 12 heavy (non-hydrogen) atoms. The molecule has 1 heteroatoms. The van der Waals surface area contributed by atoms with Gasteiger partial charge in [0.05, 0.1) is 0 Å². The van der Waals surface area contributed by atoms with E-state index in [1.54, 1.807) is 0 Å². The Hall–Kier alpha value is 0.0900. The molecule has 0 saturated heterocycles. The van der Waals surface area contributed by atoms with Crippen molar-refractivity contribution in [3.63, 3.8) is 0 Å². The Bertz CT molecular complexity index is 123. The summed E-state index contributed by atoms with van der Waals surface area (Å²) >= 11 is 4.21. The lowest BCUT2D eigenvalue weighted by Gasteiger charge is -2.08. The van der Waals surface area contributed by atoms with Crippen LogP contribution in [0.2, 0.25) is 0 Å². The van der Waals surface area contributed by atoms with Crippen LogP contribution in [0.15, 0.2) is 11.6 Å². The molecule has 0 aliphatic carbocycles. The van der Waals surface area contributed by atoms with E-state index < -0.39 is 0 Å². The number of thiol groups is 1. The molecule has 0 nitrogen and oxygen atoms in total. The van der Waals surface area contributed by atoms with E-state index in [-0.39, 0.29) is 0 Å². The Kier molecular flexibility index (Phi) is 7.78. The molecule has 0 aliphatic rings. The molecule has 0 spiro atoms. The Morgan fingerprint density at radius 2 is 2.00 bits per heavy atom. The minimum atomic E-state index is 0.868. The van der Waals surface area contributed by atoms with Crippen molar-refractivity contribution in [1.82, 2.24) is 0 Å². The maximum absolute atomic E-state index is 4.21. The lowest BCUT2D eigenvalue weighted by atomic mass is 10.00. The van der Waals surface area contributed by atoms with Gasteiger partial charge in [-0.05, 0) is 51.2 Å².